The zero-order valence-corrected chi connectivity index (χ0v) is 11.1. The number of methoxy groups -OCH3 is 1. The predicted molar refractivity (Wildman–Crippen MR) is 42.1 cm³/mol. The molecule has 0 aliphatic carbocycles. The molecule has 0 amide bonds. The molecule has 0 fully saturated rings. The van der Waals surface area contributed by atoms with Gasteiger partial charge in [-0.2, -0.15) is 0 Å². The Hall–Kier alpha value is -0.204. The molecule has 0 heterocycles. The van der Waals surface area contributed by atoms with Crippen molar-refractivity contribution in [3.63, 3.8) is 0 Å². The quantitative estimate of drug-likeness (QED) is 0.388. The Morgan fingerprint density at radius 2 is 1.57 bits per heavy atom. The summed E-state index contributed by atoms with van der Waals surface area (Å²) < 4.78 is 4.43. The maximum atomic E-state index is 10.9. The second kappa shape index (κ2) is 6.31. The Kier molecular flexibility index (Phi) is 6.22. The van der Waals surface area contributed by atoms with Crippen molar-refractivity contribution in [3.05, 3.63) is 35.4 Å². The normalized spacial score (nSPS) is 8.64. The molecule has 0 atom stereocenters. The molecule has 68 valence electrons. The van der Waals surface area contributed by atoms with Gasteiger partial charge in [0.2, 0.25) is 0 Å². The van der Waals surface area contributed by atoms with Crippen LogP contribution in [0.1, 0.15) is 20.7 Å². The number of carboxylic acid groups (broad SMARTS) is 1. The zero-order valence-electron chi connectivity index (χ0n) is 7.94. The summed E-state index contributed by atoms with van der Waals surface area (Å²) in [6.45, 7) is 0. The molecule has 0 unspecified atom stereocenters. The van der Waals surface area contributed by atoms with Crippen molar-refractivity contribution in [3.8, 4) is 0 Å². The smallest absolute Gasteiger partial charge is 0.545 e. The third kappa shape index (κ3) is 3.51. The van der Waals surface area contributed by atoms with Crippen molar-refractivity contribution in [1.29, 1.82) is 0 Å². The van der Waals surface area contributed by atoms with E-state index in [0.29, 0.717) is 5.56 Å². The molecular weight excluding hydrogens is 211 g/mol. The second-order valence-corrected chi connectivity index (χ2v) is 2.36. The number of ether oxygens (including phenoxy) is 1. The molecule has 0 aliphatic heterocycles. The summed E-state index contributed by atoms with van der Waals surface area (Å²) in [5, 5.41) is 10.3. The molecule has 0 saturated carbocycles. The summed E-state index contributed by atoms with van der Waals surface area (Å²) >= 11 is 0. The Balaban J connectivity index is 0.00000169. The number of carbonyl (C=O) groups excluding carboxylic acids is 2. The van der Waals surface area contributed by atoms with Crippen molar-refractivity contribution < 1.29 is 70.8 Å². The van der Waals surface area contributed by atoms with Crippen LogP contribution in [0.25, 0.3) is 0 Å². The van der Waals surface area contributed by atoms with Crippen molar-refractivity contribution in [2.24, 2.45) is 0 Å². The molecule has 0 saturated heterocycles. The first-order chi connectivity index (χ1) is 6.15. The van der Waals surface area contributed by atoms with E-state index in [-0.39, 0.29) is 56.9 Å². The molecule has 14 heavy (non-hydrogen) atoms. The van der Waals surface area contributed by atoms with Gasteiger partial charge in [0.1, 0.15) is 0 Å². The molecular formula is C9H7KO4. The number of carbonyl (C=O) groups is 2. The van der Waals surface area contributed by atoms with E-state index in [0.717, 1.165) is 0 Å². The Bertz CT molecular complexity index is 331. The van der Waals surface area contributed by atoms with Crippen LogP contribution >= 0.6 is 0 Å². The Morgan fingerprint density at radius 3 is 1.93 bits per heavy atom. The second-order valence-electron chi connectivity index (χ2n) is 2.36. The van der Waals surface area contributed by atoms with Crippen molar-refractivity contribution in [2.75, 3.05) is 7.11 Å². The summed E-state index contributed by atoms with van der Waals surface area (Å²) in [4.78, 5) is 21.2. The van der Waals surface area contributed by atoms with Crippen LogP contribution < -0.4 is 56.5 Å². The largest absolute Gasteiger partial charge is 1.00 e. The van der Waals surface area contributed by atoms with Crippen LogP contribution in [0.2, 0.25) is 0 Å². The van der Waals surface area contributed by atoms with Crippen LogP contribution in [0.4, 0.5) is 0 Å². The van der Waals surface area contributed by atoms with E-state index in [2.05, 4.69) is 4.74 Å². The van der Waals surface area contributed by atoms with Gasteiger partial charge < -0.3 is 14.6 Å². The average Bonchev–Trinajstić information content (AvgIpc) is 2.17. The van der Waals surface area contributed by atoms with Crippen molar-refractivity contribution in [1.82, 2.24) is 0 Å². The van der Waals surface area contributed by atoms with Gasteiger partial charge in [-0.1, -0.05) is 12.1 Å². The van der Waals surface area contributed by atoms with E-state index in [1.54, 1.807) is 0 Å². The van der Waals surface area contributed by atoms with E-state index in [1.807, 2.05) is 0 Å². The first-order valence-electron chi connectivity index (χ1n) is 3.55. The number of esters is 1. The molecule has 0 spiro atoms. The maximum Gasteiger partial charge on any atom is 1.00 e. The van der Waals surface area contributed by atoms with Gasteiger partial charge in [-0.05, 0) is 17.7 Å². The summed E-state index contributed by atoms with van der Waals surface area (Å²) in [5.74, 6) is -1.76. The van der Waals surface area contributed by atoms with Gasteiger partial charge in [-0.15, -0.1) is 0 Å². The molecule has 1 aromatic rings. The van der Waals surface area contributed by atoms with E-state index in [4.69, 9.17) is 0 Å². The van der Waals surface area contributed by atoms with Gasteiger partial charge in [0.25, 0.3) is 0 Å². The fourth-order valence-corrected chi connectivity index (χ4v) is 0.860. The van der Waals surface area contributed by atoms with Gasteiger partial charge in [-0.25, -0.2) is 4.79 Å². The van der Waals surface area contributed by atoms with E-state index < -0.39 is 11.9 Å². The molecule has 1 rings (SSSR count). The Morgan fingerprint density at radius 1 is 1.14 bits per heavy atom. The van der Waals surface area contributed by atoms with Crippen LogP contribution in [0.15, 0.2) is 24.3 Å². The van der Waals surface area contributed by atoms with Crippen LogP contribution in [0.5, 0.6) is 0 Å². The maximum absolute atomic E-state index is 10.9. The van der Waals surface area contributed by atoms with E-state index >= 15 is 0 Å². The minimum atomic E-state index is -1.27. The third-order valence-electron chi connectivity index (χ3n) is 1.54. The monoisotopic (exact) mass is 218 g/mol. The number of hydrogen-bond acceptors (Lipinski definition) is 4. The van der Waals surface area contributed by atoms with Gasteiger partial charge >= 0.3 is 57.4 Å². The number of hydrogen-bond donors (Lipinski definition) is 0. The van der Waals surface area contributed by atoms with Gasteiger partial charge in [0, 0.05) is 0 Å². The summed E-state index contributed by atoms with van der Waals surface area (Å²) in [7, 11) is 1.26. The van der Waals surface area contributed by atoms with Crippen LogP contribution in [0, 0.1) is 0 Å². The first kappa shape index (κ1) is 13.8. The molecule has 0 bridgehead atoms. The number of carboxylic acids is 1. The molecule has 0 aliphatic rings. The molecule has 0 aromatic heterocycles. The molecule has 4 nitrogen and oxygen atoms in total. The SMILES string of the molecule is COC(=O)c1ccc(C(=O)[O-])cc1.[K+]. The standard InChI is InChI=1S/C9H8O4.K/c1-13-9(12)7-4-2-6(3-5-7)8(10)11;/h2-5H,1H3,(H,10,11);/q;+1/p-1. The van der Waals surface area contributed by atoms with E-state index in [1.165, 1.54) is 31.4 Å². The first-order valence-corrected chi connectivity index (χ1v) is 3.55. The minimum Gasteiger partial charge on any atom is -0.545 e. The summed E-state index contributed by atoms with van der Waals surface area (Å²) in [6.07, 6.45) is 0. The van der Waals surface area contributed by atoms with Crippen molar-refractivity contribution in [2.45, 2.75) is 0 Å². The predicted octanol–water partition coefficient (Wildman–Crippen LogP) is -3.16. The van der Waals surface area contributed by atoms with Gasteiger partial charge in [0.05, 0.1) is 18.6 Å². The summed E-state index contributed by atoms with van der Waals surface area (Å²) in [6, 6.07) is 5.33. The third-order valence-corrected chi connectivity index (χ3v) is 1.54. The number of benzene rings is 1. The molecule has 0 N–H and O–H groups in total. The number of aromatic carboxylic acids is 1. The molecule has 1 aromatic carbocycles. The van der Waals surface area contributed by atoms with Crippen LogP contribution in [-0.2, 0) is 4.74 Å². The van der Waals surface area contributed by atoms with Gasteiger partial charge in [0.15, 0.2) is 0 Å². The Labute approximate surface area is 124 Å². The molecule has 0 radical (unpaired) electrons. The van der Waals surface area contributed by atoms with Crippen molar-refractivity contribution >= 4 is 11.9 Å². The number of rotatable bonds is 2. The minimum absolute atomic E-state index is 0. The van der Waals surface area contributed by atoms with Gasteiger partial charge in [-0.3, -0.25) is 0 Å². The average molecular weight is 218 g/mol. The fourth-order valence-electron chi connectivity index (χ4n) is 0.860. The topological polar surface area (TPSA) is 66.4 Å². The van der Waals surface area contributed by atoms with Crippen LogP contribution in [0.3, 0.4) is 0 Å². The zero-order chi connectivity index (χ0) is 9.84. The molecule has 5 heteroatoms. The van der Waals surface area contributed by atoms with E-state index in [9.17, 15) is 14.7 Å². The fraction of sp³-hybridized carbons (Fsp3) is 0.111. The van der Waals surface area contributed by atoms with Crippen LogP contribution in [-0.4, -0.2) is 19.0 Å². The summed E-state index contributed by atoms with van der Waals surface area (Å²) in [5.41, 5.74) is 0.347.